The van der Waals surface area contributed by atoms with E-state index in [0.29, 0.717) is 5.96 Å². The minimum absolute atomic E-state index is 0.0962. The molecule has 1 aromatic heterocycles. The second-order valence-electron chi connectivity index (χ2n) is 11.6. The van der Waals surface area contributed by atoms with Crippen LogP contribution in [0.3, 0.4) is 0 Å². The molecule has 2 aliphatic rings. The van der Waals surface area contributed by atoms with Crippen LogP contribution in [-0.4, -0.2) is 28.3 Å². The minimum atomic E-state index is -0.203. The smallest absolute Gasteiger partial charge is 0.234 e. The van der Waals surface area contributed by atoms with Crippen LogP contribution >= 0.6 is 0 Å². The number of fused-ring (bicyclic) bond motifs is 6. The first-order chi connectivity index (χ1) is 20.0. The van der Waals surface area contributed by atoms with E-state index in [1.54, 1.807) is 0 Å². The number of rotatable bonds is 2. The molecule has 1 atom stereocenters. The fourth-order valence-electron chi connectivity index (χ4n) is 6.78. The molecule has 6 aromatic rings. The molecular weight excluding hydrogens is 500 g/mol. The number of para-hydroxylation sites is 1. The molecule has 0 spiro atoms. The van der Waals surface area contributed by atoms with Crippen molar-refractivity contribution in [3.8, 4) is 11.1 Å². The highest BCUT2D eigenvalue weighted by Gasteiger charge is 2.36. The van der Waals surface area contributed by atoms with Gasteiger partial charge in [-0.1, -0.05) is 117 Å². The van der Waals surface area contributed by atoms with Crippen molar-refractivity contribution < 1.29 is 0 Å². The lowest BCUT2D eigenvalue weighted by Gasteiger charge is -2.32. The van der Waals surface area contributed by atoms with Crippen LogP contribution in [-0.2, 0) is 5.41 Å². The van der Waals surface area contributed by atoms with Crippen molar-refractivity contribution >= 4 is 33.6 Å². The fourth-order valence-corrected chi connectivity index (χ4v) is 6.78. The van der Waals surface area contributed by atoms with Crippen LogP contribution in [0.2, 0.25) is 0 Å². The summed E-state index contributed by atoms with van der Waals surface area (Å²) in [5.74, 6) is 1.61. The summed E-state index contributed by atoms with van der Waals surface area (Å²) in [5.41, 5.74) is 9.73. The van der Waals surface area contributed by atoms with Crippen molar-refractivity contribution in [1.82, 2.24) is 9.47 Å². The topological polar surface area (TPSA) is 32.9 Å². The van der Waals surface area contributed by atoms with E-state index >= 15 is 0 Å². The lowest BCUT2D eigenvalue weighted by molar-refractivity contribution is 0.381. The molecule has 1 aliphatic heterocycles. The molecule has 41 heavy (non-hydrogen) atoms. The highest BCUT2D eigenvalue weighted by molar-refractivity contribution is 6.18. The third-order valence-electron chi connectivity index (χ3n) is 8.85. The summed E-state index contributed by atoms with van der Waals surface area (Å²) < 4.78 is 2.27. The van der Waals surface area contributed by atoms with Crippen LogP contribution in [0, 0.1) is 0 Å². The summed E-state index contributed by atoms with van der Waals surface area (Å²) in [4.78, 5) is 12.8. The first-order valence-corrected chi connectivity index (χ1v) is 14.2. The second-order valence-corrected chi connectivity index (χ2v) is 11.6. The van der Waals surface area contributed by atoms with E-state index in [2.05, 4.69) is 146 Å². The van der Waals surface area contributed by atoms with Crippen LogP contribution in [0.1, 0.15) is 42.3 Å². The monoisotopic (exact) mass is 530 g/mol. The molecule has 198 valence electrons. The van der Waals surface area contributed by atoms with Crippen LogP contribution in [0.4, 0.5) is 0 Å². The van der Waals surface area contributed by atoms with Crippen molar-refractivity contribution in [2.45, 2.75) is 25.4 Å². The number of aliphatic imine (C=N–C) groups is 2. The first-order valence-electron chi connectivity index (χ1n) is 14.2. The molecule has 1 aliphatic carbocycles. The van der Waals surface area contributed by atoms with Crippen molar-refractivity contribution in [2.75, 3.05) is 7.05 Å². The van der Waals surface area contributed by atoms with Gasteiger partial charge < -0.3 is 4.90 Å². The SMILES string of the molecule is CN1C(c2ccccc2)=NC(n2c3ccccc3c3cc4c(cc32)C(C)(C)c2ccccc2-4)=NC1c1ccccc1. The summed E-state index contributed by atoms with van der Waals surface area (Å²) >= 11 is 0. The maximum Gasteiger partial charge on any atom is 0.234 e. The largest absolute Gasteiger partial charge is 0.333 e. The number of benzene rings is 5. The molecule has 0 saturated heterocycles. The zero-order chi connectivity index (χ0) is 27.7. The molecule has 4 heteroatoms. The Hall–Kier alpha value is -4.96. The Labute approximate surface area is 239 Å². The standard InChI is InChI=1S/C37H30N4/c1-37(2)30-20-12-10-18-26(30)28-22-29-27-19-11-13-21-32(27)41(33(29)23-31(28)37)36-38-34(24-14-6-4-7-15-24)40(3)35(39-36)25-16-8-5-9-17-25/h4-23,34H,1-3H3. The highest BCUT2D eigenvalue weighted by atomic mass is 15.4. The molecule has 5 aromatic carbocycles. The molecule has 4 nitrogen and oxygen atoms in total. The fraction of sp³-hybridized carbons (Fsp3) is 0.135. The van der Waals surface area contributed by atoms with Crippen LogP contribution in [0.5, 0.6) is 0 Å². The average molecular weight is 531 g/mol. The third-order valence-corrected chi connectivity index (χ3v) is 8.85. The van der Waals surface area contributed by atoms with Crippen molar-refractivity contribution in [2.24, 2.45) is 9.98 Å². The van der Waals surface area contributed by atoms with Crippen LogP contribution in [0.15, 0.2) is 131 Å². The van der Waals surface area contributed by atoms with E-state index in [0.717, 1.165) is 28.0 Å². The maximum absolute atomic E-state index is 5.34. The van der Waals surface area contributed by atoms with Gasteiger partial charge in [0.25, 0.3) is 0 Å². The summed E-state index contributed by atoms with van der Waals surface area (Å²) in [6, 6.07) is 43.2. The Morgan fingerprint density at radius 1 is 0.634 bits per heavy atom. The Morgan fingerprint density at radius 3 is 2.12 bits per heavy atom. The van der Waals surface area contributed by atoms with E-state index < -0.39 is 0 Å². The average Bonchev–Trinajstić information content (AvgIpc) is 3.46. The third kappa shape index (κ3) is 3.47. The normalized spacial score (nSPS) is 17.3. The predicted molar refractivity (Wildman–Crippen MR) is 170 cm³/mol. The zero-order valence-corrected chi connectivity index (χ0v) is 23.4. The first kappa shape index (κ1) is 23.9. The second kappa shape index (κ2) is 8.77. The highest BCUT2D eigenvalue weighted by Crippen LogP contribution is 2.50. The zero-order valence-electron chi connectivity index (χ0n) is 23.4. The maximum atomic E-state index is 5.34. The summed E-state index contributed by atoms with van der Waals surface area (Å²) in [6.45, 7) is 4.67. The van der Waals surface area contributed by atoms with Gasteiger partial charge in [-0.05, 0) is 46.0 Å². The van der Waals surface area contributed by atoms with Gasteiger partial charge in [-0.3, -0.25) is 4.57 Å². The molecular formula is C37H30N4. The van der Waals surface area contributed by atoms with Gasteiger partial charge in [-0.25, -0.2) is 4.99 Å². The minimum Gasteiger partial charge on any atom is -0.333 e. The van der Waals surface area contributed by atoms with Gasteiger partial charge in [0.15, 0.2) is 6.17 Å². The molecule has 0 fully saturated rings. The molecule has 1 unspecified atom stereocenters. The number of hydrogen-bond acceptors (Lipinski definition) is 3. The van der Waals surface area contributed by atoms with Gasteiger partial charge in [0.1, 0.15) is 5.84 Å². The summed E-state index contributed by atoms with van der Waals surface area (Å²) in [6.07, 6.45) is -0.203. The van der Waals surface area contributed by atoms with E-state index in [-0.39, 0.29) is 11.6 Å². The van der Waals surface area contributed by atoms with Gasteiger partial charge in [0.05, 0.1) is 11.0 Å². The lowest BCUT2D eigenvalue weighted by atomic mass is 9.82. The van der Waals surface area contributed by atoms with E-state index in [1.165, 1.54) is 33.0 Å². The molecule has 0 radical (unpaired) electrons. The van der Waals surface area contributed by atoms with Gasteiger partial charge in [0.2, 0.25) is 5.96 Å². The van der Waals surface area contributed by atoms with E-state index in [4.69, 9.17) is 9.98 Å². The van der Waals surface area contributed by atoms with Crippen molar-refractivity contribution in [3.63, 3.8) is 0 Å². The Balaban J connectivity index is 1.43. The molecule has 2 heterocycles. The Kier molecular flexibility index (Phi) is 5.11. The Bertz CT molecular complexity index is 2030. The van der Waals surface area contributed by atoms with Gasteiger partial charge in [-0.15, -0.1) is 0 Å². The predicted octanol–water partition coefficient (Wildman–Crippen LogP) is 8.40. The Morgan fingerprint density at radius 2 is 1.32 bits per heavy atom. The van der Waals surface area contributed by atoms with Crippen LogP contribution < -0.4 is 0 Å². The van der Waals surface area contributed by atoms with Crippen molar-refractivity contribution in [3.05, 3.63) is 144 Å². The molecule has 0 saturated carbocycles. The number of nitrogens with zero attached hydrogens (tertiary/aromatic N) is 4. The number of amidine groups is 1. The van der Waals surface area contributed by atoms with E-state index in [1.807, 2.05) is 6.07 Å². The number of aromatic nitrogens is 1. The molecule has 0 bridgehead atoms. The van der Waals surface area contributed by atoms with Gasteiger partial charge >= 0.3 is 0 Å². The van der Waals surface area contributed by atoms with Crippen molar-refractivity contribution in [1.29, 1.82) is 0 Å². The van der Waals surface area contributed by atoms with Gasteiger partial charge in [0, 0.05) is 28.8 Å². The lowest BCUT2D eigenvalue weighted by Crippen LogP contribution is -2.36. The summed E-state index contributed by atoms with van der Waals surface area (Å²) in [7, 11) is 2.09. The van der Waals surface area contributed by atoms with Crippen LogP contribution in [0.25, 0.3) is 32.9 Å². The molecule has 0 amide bonds. The molecule has 8 rings (SSSR count). The quantitative estimate of drug-likeness (QED) is 0.221. The number of hydrogen-bond donors (Lipinski definition) is 0. The molecule has 0 N–H and O–H groups in total. The summed E-state index contributed by atoms with van der Waals surface area (Å²) in [5, 5.41) is 2.43. The van der Waals surface area contributed by atoms with Gasteiger partial charge in [-0.2, -0.15) is 4.99 Å². The van der Waals surface area contributed by atoms with E-state index in [9.17, 15) is 0 Å².